The first-order chi connectivity index (χ1) is 14.6. The number of nitrogens with zero attached hydrogens (tertiary/aromatic N) is 2. The molecule has 0 bridgehead atoms. The van der Waals surface area contributed by atoms with Gasteiger partial charge in [0.05, 0.1) is 24.1 Å². The maximum absolute atomic E-state index is 13.2. The third-order valence-electron chi connectivity index (χ3n) is 4.84. The predicted molar refractivity (Wildman–Crippen MR) is 120 cm³/mol. The summed E-state index contributed by atoms with van der Waals surface area (Å²) in [5, 5.41) is 0.614. The van der Waals surface area contributed by atoms with Gasteiger partial charge in [0.25, 0.3) is 5.56 Å². The second-order valence-corrected chi connectivity index (χ2v) is 8.11. The topological polar surface area (TPSA) is 61.2 Å². The maximum Gasteiger partial charge on any atom is 0.338 e. The zero-order valence-corrected chi connectivity index (χ0v) is 17.7. The number of hydrogen-bond acceptors (Lipinski definition) is 5. The van der Waals surface area contributed by atoms with E-state index in [1.165, 1.54) is 11.3 Å². The number of aromatic nitrogens is 2. The number of ether oxygens (including phenoxy) is 1. The van der Waals surface area contributed by atoms with Gasteiger partial charge in [-0.25, -0.2) is 9.78 Å². The van der Waals surface area contributed by atoms with E-state index in [1.807, 2.05) is 62.4 Å². The molecule has 2 heterocycles. The van der Waals surface area contributed by atoms with Crippen molar-refractivity contribution in [1.29, 1.82) is 0 Å². The van der Waals surface area contributed by atoms with Crippen LogP contribution >= 0.6 is 11.3 Å². The molecule has 0 atom stereocenters. The molecule has 0 N–H and O–H groups in total. The molecule has 0 unspecified atom stereocenters. The van der Waals surface area contributed by atoms with E-state index >= 15 is 0 Å². The Morgan fingerprint density at radius 2 is 1.90 bits per heavy atom. The van der Waals surface area contributed by atoms with Gasteiger partial charge in [0.1, 0.15) is 10.7 Å². The number of fused-ring (bicyclic) bond motifs is 1. The SMILES string of the molecule is CCCOC(=O)c1cccc(Cn2c(C)nc3sc(-c4ccccc4)cc3c2=O)c1. The van der Waals surface area contributed by atoms with Crippen molar-refractivity contribution in [3.63, 3.8) is 0 Å². The van der Waals surface area contributed by atoms with E-state index in [-0.39, 0.29) is 11.5 Å². The van der Waals surface area contributed by atoms with Crippen LogP contribution in [0.1, 0.15) is 35.1 Å². The lowest BCUT2D eigenvalue weighted by molar-refractivity contribution is 0.0505. The number of aryl methyl sites for hydroxylation is 1. The maximum atomic E-state index is 13.2. The third-order valence-corrected chi connectivity index (χ3v) is 5.92. The Balaban J connectivity index is 1.68. The van der Waals surface area contributed by atoms with Gasteiger partial charge in [0.2, 0.25) is 0 Å². The van der Waals surface area contributed by atoms with Crippen LogP contribution in [0.4, 0.5) is 0 Å². The van der Waals surface area contributed by atoms with Crippen LogP contribution in [-0.2, 0) is 11.3 Å². The summed E-state index contributed by atoms with van der Waals surface area (Å²) >= 11 is 1.52. The average molecular weight is 419 g/mol. The minimum absolute atomic E-state index is 0.0742. The Morgan fingerprint density at radius 3 is 2.67 bits per heavy atom. The molecule has 0 radical (unpaired) electrons. The zero-order chi connectivity index (χ0) is 21.1. The van der Waals surface area contributed by atoms with Crippen molar-refractivity contribution in [2.45, 2.75) is 26.8 Å². The molecule has 30 heavy (non-hydrogen) atoms. The van der Waals surface area contributed by atoms with Gasteiger partial charge < -0.3 is 4.74 Å². The summed E-state index contributed by atoms with van der Waals surface area (Å²) in [4.78, 5) is 31.8. The fourth-order valence-corrected chi connectivity index (χ4v) is 4.38. The van der Waals surface area contributed by atoms with Crippen LogP contribution in [-0.4, -0.2) is 22.1 Å². The summed E-state index contributed by atoms with van der Waals surface area (Å²) in [6, 6.07) is 19.1. The Hall–Kier alpha value is -3.25. The first-order valence-corrected chi connectivity index (χ1v) is 10.7. The molecule has 0 aliphatic carbocycles. The van der Waals surface area contributed by atoms with Crippen molar-refractivity contribution in [2.75, 3.05) is 6.61 Å². The van der Waals surface area contributed by atoms with E-state index in [4.69, 9.17) is 4.74 Å². The Morgan fingerprint density at radius 1 is 1.10 bits per heavy atom. The summed E-state index contributed by atoms with van der Waals surface area (Å²) < 4.78 is 6.87. The number of carbonyl (C=O) groups is 1. The molecule has 5 nitrogen and oxygen atoms in total. The number of carbonyl (C=O) groups excluding carboxylic acids is 1. The van der Waals surface area contributed by atoms with Gasteiger partial charge in [-0.2, -0.15) is 0 Å². The first kappa shape index (κ1) is 20.0. The molecule has 0 amide bonds. The molecule has 6 heteroatoms. The molecule has 2 aromatic heterocycles. The molecule has 0 saturated heterocycles. The lowest BCUT2D eigenvalue weighted by Gasteiger charge is -2.10. The van der Waals surface area contributed by atoms with Gasteiger partial charge in [0, 0.05) is 4.88 Å². The standard InChI is InChI=1S/C24H22N2O3S/c1-3-12-29-24(28)19-11-7-8-17(13-19)15-26-16(2)25-22-20(23(26)27)14-21(30-22)18-9-5-4-6-10-18/h4-11,13-14H,3,12,15H2,1-2H3. The van der Waals surface area contributed by atoms with Crippen molar-refractivity contribution in [2.24, 2.45) is 0 Å². The molecule has 152 valence electrons. The van der Waals surface area contributed by atoms with Crippen molar-refractivity contribution in [3.8, 4) is 10.4 Å². The van der Waals surface area contributed by atoms with Gasteiger partial charge in [0.15, 0.2) is 0 Å². The Bertz CT molecular complexity index is 1260. The van der Waals surface area contributed by atoms with Crippen molar-refractivity contribution < 1.29 is 9.53 Å². The summed E-state index contributed by atoms with van der Waals surface area (Å²) in [5.74, 6) is 0.301. The van der Waals surface area contributed by atoms with E-state index in [0.717, 1.165) is 27.3 Å². The molecule has 4 rings (SSSR count). The summed E-state index contributed by atoms with van der Waals surface area (Å²) in [6.07, 6.45) is 0.775. The average Bonchev–Trinajstić information content (AvgIpc) is 3.20. The molecule has 0 fully saturated rings. The van der Waals surface area contributed by atoms with E-state index in [0.29, 0.717) is 29.9 Å². The number of hydrogen-bond donors (Lipinski definition) is 0. The second-order valence-electron chi connectivity index (χ2n) is 7.08. The van der Waals surface area contributed by atoms with Crippen LogP contribution in [0.5, 0.6) is 0 Å². The van der Waals surface area contributed by atoms with E-state index in [2.05, 4.69) is 4.98 Å². The lowest BCUT2D eigenvalue weighted by atomic mass is 10.1. The monoisotopic (exact) mass is 418 g/mol. The number of rotatable bonds is 6. The van der Waals surface area contributed by atoms with Crippen molar-refractivity contribution in [1.82, 2.24) is 9.55 Å². The molecule has 2 aromatic carbocycles. The van der Waals surface area contributed by atoms with Gasteiger partial charge in [-0.15, -0.1) is 11.3 Å². The molecular formula is C24H22N2O3S. The highest BCUT2D eigenvalue weighted by atomic mass is 32.1. The Kier molecular flexibility index (Phi) is 5.77. The van der Waals surface area contributed by atoms with Gasteiger partial charge in [-0.3, -0.25) is 9.36 Å². The predicted octanol–water partition coefficient (Wildman–Crippen LogP) is 5.05. The van der Waals surface area contributed by atoms with Crippen LogP contribution in [0.3, 0.4) is 0 Å². The highest BCUT2D eigenvalue weighted by molar-refractivity contribution is 7.21. The smallest absolute Gasteiger partial charge is 0.338 e. The van der Waals surface area contributed by atoms with Gasteiger partial charge in [-0.05, 0) is 42.7 Å². The summed E-state index contributed by atoms with van der Waals surface area (Å²) in [6.45, 7) is 4.53. The van der Waals surface area contributed by atoms with E-state index in [9.17, 15) is 9.59 Å². The zero-order valence-electron chi connectivity index (χ0n) is 16.9. The summed E-state index contributed by atoms with van der Waals surface area (Å²) in [5.41, 5.74) is 2.34. The molecule has 0 spiro atoms. The molecule has 0 aliphatic rings. The highest BCUT2D eigenvalue weighted by Gasteiger charge is 2.14. The largest absolute Gasteiger partial charge is 0.462 e. The Labute approximate surface area is 178 Å². The van der Waals surface area contributed by atoms with Crippen LogP contribution in [0.15, 0.2) is 65.5 Å². The fourth-order valence-electron chi connectivity index (χ4n) is 3.31. The quantitative estimate of drug-likeness (QED) is 0.411. The first-order valence-electron chi connectivity index (χ1n) is 9.89. The number of esters is 1. The van der Waals surface area contributed by atoms with Crippen LogP contribution in [0.25, 0.3) is 20.7 Å². The third kappa shape index (κ3) is 4.04. The molecule has 0 aliphatic heterocycles. The van der Waals surface area contributed by atoms with E-state index in [1.54, 1.807) is 16.7 Å². The molecule has 0 saturated carbocycles. The fraction of sp³-hybridized carbons (Fsp3) is 0.208. The summed E-state index contributed by atoms with van der Waals surface area (Å²) in [7, 11) is 0. The van der Waals surface area contributed by atoms with Crippen LogP contribution < -0.4 is 5.56 Å². The lowest BCUT2D eigenvalue weighted by Crippen LogP contribution is -2.24. The minimum Gasteiger partial charge on any atom is -0.462 e. The van der Waals surface area contributed by atoms with E-state index < -0.39 is 0 Å². The molecular weight excluding hydrogens is 396 g/mol. The van der Waals surface area contributed by atoms with Gasteiger partial charge in [-0.1, -0.05) is 49.4 Å². The van der Waals surface area contributed by atoms with Gasteiger partial charge >= 0.3 is 5.97 Å². The van der Waals surface area contributed by atoms with Crippen molar-refractivity contribution in [3.05, 3.63) is 88.0 Å². The number of thiophene rings is 1. The number of benzene rings is 2. The van der Waals surface area contributed by atoms with Crippen LogP contribution in [0.2, 0.25) is 0 Å². The second kappa shape index (κ2) is 8.63. The normalized spacial score (nSPS) is 11.0. The minimum atomic E-state index is -0.346. The molecule has 4 aromatic rings. The van der Waals surface area contributed by atoms with Crippen LogP contribution in [0, 0.1) is 6.92 Å². The van der Waals surface area contributed by atoms with Crippen molar-refractivity contribution >= 4 is 27.5 Å². The highest BCUT2D eigenvalue weighted by Crippen LogP contribution is 2.31.